The number of urea groups is 1. The maximum atomic E-state index is 12.3. The Bertz CT molecular complexity index is 1110. The van der Waals surface area contributed by atoms with Crippen molar-refractivity contribution in [2.24, 2.45) is 10.7 Å². The first-order chi connectivity index (χ1) is 15.5. The van der Waals surface area contributed by atoms with Gasteiger partial charge in [0.25, 0.3) is 0 Å². The summed E-state index contributed by atoms with van der Waals surface area (Å²) in [5.74, 6) is -2.91. The van der Waals surface area contributed by atoms with Crippen LogP contribution in [0.1, 0.15) is 21.5 Å². The predicted molar refractivity (Wildman–Crippen MR) is 113 cm³/mol. The van der Waals surface area contributed by atoms with Gasteiger partial charge in [-0.3, -0.25) is 4.79 Å². The molecule has 33 heavy (non-hydrogen) atoms. The molecule has 2 aromatic carbocycles. The summed E-state index contributed by atoms with van der Waals surface area (Å²) < 4.78 is 46.7. The third-order valence-electron chi connectivity index (χ3n) is 4.10. The molecule has 13 heteroatoms. The van der Waals surface area contributed by atoms with Crippen molar-refractivity contribution in [3.8, 4) is 5.75 Å². The molecule has 0 unspecified atom stereocenters. The van der Waals surface area contributed by atoms with Crippen LogP contribution in [-0.2, 0) is 16.1 Å². The van der Waals surface area contributed by atoms with E-state index in [1.54, 1.807) is 5.32 Å². The third-order valence-corrected chi connectivity index (χ3v) is 4.43. The van der Waals surface area contributed by atoms with E-state index in [1.807, 2.05) is 0 Å². The Hall–Kier alpha value is -3.80. The summed E-state index contributed by atoms with van der Waals surface area (Å²) in [4.78, 5) is 38.6. The molecule has 9 nitrogen and oxygen atoms in total. The molecule has 0 atom stereocenters. The summed E-state index contributed by atoms with van der Waals surface area (Å²) in [5, 5.41) is 4.22. The normalized spacial score (nSPS) is 11.5. The second-order valence-electron chi connectivity index (χ2n) is 6.33. The number of alkyl halides is 3. The van der Waals surface area contributed by atoms with E-state index in [0.29, 0.717) is 0 Å². The van der Waals surface area contributed by atoms with Crippen molar-refractivity contribution in [2.75, 3.05) is 19.5 Å². The van der Waals surface area contributed by atoms with Crippen LogP contribution >= 0.6 is 11.6 Å². The monoisotopic (exact) mass is 486 g/mol. The molecule has 0 fully saturated rings. The maximum Gasteiger partial charge on any atom is 0.471 e. The number of amidine groups is 1. The minimum absolute atomic E-state index is 0.0733. The van der Waals surface area contributed by atoms with Gasteiger partial charge in [0.15, 0.2) is 0 Å². The second kappa shape index (κ2) is 10.7. The van der Waals surface area contributed by atoms with Crippen LogP contribution in [0.4, 0.5) is 23.7 Å². The first-order valence-corrected chi connectivity index (χ1v) is 9.39. The molecule has 0 heterocycles. The summed E-state index contributed by atoms with van der Waals surface area (Å²) in [6, 6.07) is 7.27. The minimum atomic E-state index is -5.02. The summed E-state index contributed by atoms with van der Waals surface area (Å²) >= 11 is 6.05. The number of esters is 1. The standard InChI is InChI=1S/C20H18ClF3N4O5/c1-32-15-8-11(4-5-12(15)17(29)33-2)27-19(31)28-16(25)13-7-10(3-6-14(13)21)9-26-18(30)20(22,23)24/h3-8H,9H2,1-2H3,(H,26,30)(H3,25,27,28,31). The Morgan fingerprint density at radius 2 is 1.79 bits per heavy atom. The Balaban J connectivity index is 2.17. The van der Waals surface area contributed by atoms with Gasteiger partial charge in [-0.2, -0.15) is 18.2 Å². The van der Waals surface area contributed by atoms with E-state index < -0.39 is 30.6 Å². The van der Waals surface area contributed by atoms with Crippen LogP contribution in [-0.4, -0.2) is 44.1 Å². The number of carbonyl (C=O) groups excluding carboxylic acids is 3. The molecular formula is C20H18ClF3N4O5. The van der Waals surface area contributed by atoms with E-state index in [-0.39, 0.29) is 39.0 Å². The summed E-state index contributed by atoms with van der Waals surface area (Å²) in [5.41, 5.74) is 6.52. The largest absolute Gasteiger partial charge is 0.496 e. The third kappa shape index (κ3) is 6.84. The zero-order valence-corrected chi connectivity index (χ0v) is 18.0. The van der Waals surface area contributed by atoms with E-state index in [0.717, 1.165) is 0 Å². The number of halogens is 4. The van der Waals surface area contributed by atoms with Crippen molar-refractivity contribution in [3.63, 3.8) is 0 Å². The van der Waals surface area contributed by atoms with Crippen LogP contribution in [0.5, 0.6) is 5.75 Å². The number of ether oxygens (including phenoxy) is 2. The molecule has 0 radical (unpaired) electrons. The van der Waals surface area contributed by atoms with Gasteiger partial charge in [-0.1, -0.05) is 17.7 Å². The SMILES string of the molecule is COC(=O)c1ccc(NC(=O)/N=C(\N)c2cc(CNC(=O)C(F)(F)F)ccc2Cl)cc1OC. The fourth-order valence-electron chi connectivity index (χ4n) is 2.53. The summed E-state index contributed by atoms with van der Waals surface area (Å²) in [6.45, 7) is -0.450. The second-order valence-corrected chi connectivity index (χ2v) is 6.74. The van der Waals surface area contributed by atoms with Gasteiger partial charge in [0.1, 0.15) is 17.1 Å². The lowest BCUT2D eigenvalue weighted by molar-refractivity contribution is -0.173. The topological polar surface area (TPSA) is 132 Å². The number of methoxy groups -OCH3 is 2. The Labute approximate surface area is 190 Å². The van der Waals surface area contributed by atoms with Gasteiger partial charge in [0.2, 0.25) is 0 Å². The number of nitrogens with zero attached hydrogens (tertiary/aromatic N) is 1. The molecule has 176 valence electrons. The quantitative estimate of drug-likeness (QED) is 0.326. The van der Waals surface area contributed by atoms with Crippen LogP contribution in [0, 0.1) is 0 Å². The van der Waals surface area contributed by atoms with Gasteiger partial charge in [0.05, 0.1) is 19.2 Å². The number of nitrogens with two attached hydrogens (primary N) is 1. The van der Waals surface area contributed by atoms with E-state index in [2.05, 4.69) is 15.0 Å². The maximum absolute atomic E-state index is 12.3. The van der Waals surface area contributed by atoms with E-state index in [9.17, 15) is 27.6 Å². The molecule has 0 aliphatic rings. The number of anilines is 1. The van der Waals surface area contributed by atoms with Gasteiger partial charge >= 0.3 is 24.1 Å². The molecule has 0 aliphatic heterocycles. The zero-order chi connectivity index (χ0) is 24.8. The Morgan fingerprint density at radius 1 is 1.09 bits per heavy atom. The molecule has 4 N–H and O–H groups in total. The first kappa shape index (κ1) is 25.5. The molecule has 0 spiro atoms. The van der Waals surface area contributed by atoms with Crippen LogP contribution in [0.2, 0.25) is 5.02 Å². The molecule has 0 aliphatic carbocycles. The summed E-state index contributed by atoms with van der Waals surface area (Å²) in [7, 11) is 2.54. The van der Waals surface area contributed by atoms with Gasteiger partial charge in [-0.15, -0.1) is 0 Å². The lowest BCUT2D eigenvalue weighted by Gasteiger charge is -2.11. The van der Waals surface area contributed by atoms with E-state index in [1.165, 1.54) is 50.6 Å². The highest BCUT2D eigenvalue weighted by Gasteiger charge is 2.38. The van der Waals surface area contributed by atoms with Crippen LogP contribution in [0.25, 0.3) is 0 Å². The van der Waals surface area contributed by atoms with Crippen LogP contribution in [0.3, 0.4) is 0 Å². The predicted octanol–water partition coefficient (Wildman–Crippen LogP) is 3.25. The molecule has 0 saturated heterocycles. The van der Waals surface area contributed by atoms with Crippen molar-refractivity contribution in [2.45, 2.75) is 12.7 Å². The van der Waals surface area contributed by atoms with Crippen molar-refractivity contribution < 1.29 is 37.0 Å². The fraction of sp³-hybridized carbons (Fsp3) is 0.200. The first-order valence-electron chi connectivity index (χ1n) is 9.01. The number of hydrogen-bond donors (Lipinski definition) is 3. The Morgan fingerprint density at radius 3 is 2.39 bits per heavy atom. The highest BCUT2D eigenvalue weighted by Crippen LogP contribution is 2.24. The highest BCUT2D eigenvalue weighted by molar-refractivity contribution is 6.34. The number of benzene rings is 2. The molecule has 0 saturated carbocycles. The summed E-state index contributed by atoms with van der Waals surface area (Å²) in [6.07, 6.45) is -5.02. The lowest BCUT2D eigenvalue weighted by Crippen LogP contribution is -2.36. The number of rotatable bonds is 6. The number of aliphatic imine (C=N–C) groups is 1. The Kier molecular flexibility index (Phi) is 8.24. The van der Waals surface area contributed by atoms with Crippen molar-refractivity contribution in [1.29, 1.82) is 0 Å². The molecule has 2 aromatic rings. The van der Waals surface area contributed by atoms with Crippen molar-refractivity contribution in [1.82, 2.24) is 5.32 Å². The van der Waals surface area contributed by atoms with E-state index in [4.69, 9.17) is 22.1 Å². The van der Waals surface area contributed by atoms with Crippen LogP contribution < -0.4 is 21.1 Å². The zero-order valence-electron chi connectivity index (χ0n) is 17.2. The molecule has 2 rings (SSSR count). The fourth-order valence-corrected chi connectivity index (χ4v) is 2.74. The molecule has 0 aromatic heterocycles. The lowest BCUT2D eigenvalue weighted by atomic mass is 10.1. The van der Waals surface area contributed by atoms with Gasteiger partial charge in [-0.05, 0) is 29.8 Å². The molecule has 3 amide bonds. The average Bonchev–Trinajstić information content (AvgIpc) is 2.76. The molecular weight excluding hydrogens is 469 g/mol. The van der Waals surface area contributed by atoms with Gasteiger partial charge in [0, 0.05) is 23.9 Å². The van der Waals surface area contributed by atoms with Crippen molar-refractivity contribution in [3.05, 3.63) is 58.1 Å². The number of amides is 3. The number of hydrogen-bond acceptors (Lipinski definition) is 5. The van der Waals surface area contributed by atoms with Crippen molar-refractivity contribution >= 4 is 41.0 Å². The van der Waals surface area contributed by atoms with Gasteiger partial charge < -0.3 is 25.8 Å². The molecule has 0 bridgehead atoms. The average molecular weight is 487 g/mol. The minimum Gasteiger partial charge on any atom is -0.496 e. The van der Waals surface area contributed by atoms with Crippen LogP contribution in [0.15, 0.2) is 41.4 Å². The highest BCUT2D eigenvalue weighted by atomic mass is 35.5. The van der Waals surface area contributed by atoms with E-state index >= 15 is 0 Å². The van der Waals surface area contributed by atoms with Gasteiger partial charge in [-0.25, -0.2) is 9.59 Å². The number of nitrogens with one attached hydrogen (secondary N) is 2. The smallest absolute Gasteiger partial charge is 0.471 e. The number of carbonyl (C=O) groups is 3.